The first kappa shape index (κ1) is 14.7. The van der Waals surface area contributed by atoms with Crippen molar-refractivity contribution in [3.63, 3.8) is 0 Å². The molecule has 4 nitrogen and oxygen atoms in total. The normalized spacial score (nSPS) is 7.69. The van der Waals surface area contributed by atoms with E-state index in [1.165, 1.54) is 12.3 Å². The molecule has 1 aromatic rings. The number of hydrogen-bond acceptors (Lipinski definition) is 4. The lowest BCUT2D eigenvalue weighted by molar-refractivity contribution is 0.168. The molecule has 0 heterocycles. The molecule has 0 saturated heterocycles. The van der Waals surface area contributed by atoms with Crippen LogP contribution in [0, 0.1) is 0 Å². The lowest BCUT2D eigenvalue weighted by Gasteiger charge is -2.13. The lowest BCUT2D eigenvalue weighted by atomic mass is 10.3. The summed E-state index contributed by atoms with van der Waals surface area (Å²) in [6.07, 6.45) is 0. The molecular weight excluding hydrogens is 192 g/mol. The molecule has 0 aliphatic rings. The van der Waals surface area contributed by atoms with Gasteiger partial charge in [0.05, 0.1) is 12.8 Å². The summed E-state index contributed by atoms with van der Waals surface area (Å²) in [6, 6.07) is 9.45. The predicted molar refractivity (Wildman–Crippen MR) is 55.5 cm³/mol. The molecule has 0 bridgehead atoms. The highest BCUT2D eigenvalue weighted by atomic mass is 35.5. The van der Waals surface area contributed by atoms with Gasteiger partial charge in [-0.25, -0.2) is 5.84 Å². The van der Waals surface area contributed by atoms with Crippen LogP contribution in [-0.4, -0.2) is 19.3 Å². The molecule has 0 unspecified atom stereocenters. The number of anilines is 1. The summed E-state index contributed by atoms with van der Waals surface area (Å²) >= 11 is 0. The Labute approximate surface area is 84.3 Å². The van der Waals surface area contributed by atoms with Gasteiger partial charge in [0.25, 0.3) is 0 Å². The molecule has 1 aromatic carbocycles. The fourth-order valence-electron chi connectivity index (χ4n) is 0.680. The van der Waals surface area contributed by atoms with Gasteiger partial charge in [-0.3, -0.25) is 4.84 Å². The Bertz CT molecular complexity index is 197. The third-order valence-electron chi connectivity index (χ3n) is 1.21. The lowest BCUT2D eigenvalue weighted by Crippen LogP contribution is -2.28. The van der Waals surface area contributed by atoms with Crippen LogP contribution in [0.4, 0.5) is 5.69 Å². The van der Waals surface area contributed by atoms with Gasteiger partial charge in [0.15, 0.2) is 0 Å². The van der Waals surface area contributed by atoms with Crippen molar-refractivity contribution in [2.45, 2.75) is 0 Å². The standard InChI is InChI=1S/C7H10N2O.CH4O.ClH/c1-10-9(8)7-5-3-2-4-6-7;1-2;/h2-6H,8H2,1H3;2H,1H3;1H. The number of aliphatic hydroxyl groups is 1. The SMILES string of the molecule is CO.CON(N)c1ccccc1.Cl. The average molecular weight is 207 g/mol. The van der Waals surface area contributed by atoms with Crippen LogP contribution in [0.3, 0.4) is 0 Å². The van der Waals surface area contributed by atoms with Crippen molar-refractivity contribution in [1.29, 1.82) is 0 Å². The summed E-state index contributed by atoms with van der Waals surface area (Å²) < 4.78 is 0. The molecule has 0 aliphatic carbocycles. The minimum absolute atomic E-state index is 0. The average Bonchev–Trinajstić information content (AvgIpc) is 2.21. The molecule has 0 aliphatic heterocycles. The third kappa shape index (κ3) is 5.43. The van der Waals surface area contributed by atoms with E-state index in [1.807, 2.05) is 30.3 Å². The first-order chi connectivity index (χ1) is 5.84. The Kier molecular flexibility index (Phi) is 10.5. The highest BCUT2D eigenvalue weighted by Gasteiger charge is 1.94. The fraction of sp³-hybridized carbons (Fsp3) is 0.250. The number of nitrogens with zero attached hydrogens (tertiary/aromatic N) is 1. The maximum absolute atomic E-state index is 7.00. The molecule has 0 atom stereocenters. The molecule has 13 heavy (non-hydrogen) atoms. The van der Waals surface area contributed by atoms with Gasteiger partial charge in [0.2, 0.25) is 0 Å². The molecule has 0 amide bonds. The quantitative estimate of drug-likeness (QED) is 0.559. The second-order valence-corrected chi connectivity index (χ2v) is 1.84. The van der Waals surface area contributed by atoms with E-state index in [9.17, 15) is 0 Å². The zero-order chi connectivity index (χ0) is 9.40. The molecule has 0 aromatic heterocycles. The van der Waals surface area contributed by atoms with E-state index < -0.39 is 0 Å². The van der Waals surface area contributed by atoms with Crippen LogP contribution in [0.2, 0.25) is 0 Å². The minimum atomic E-state index is 0. The van der Waals surface area contributed by atoms with E-state index in [2.05, 4.69) is 0 Å². The monoisotopic (exact) mass is 206 g/mol. The van der Waals surface area contributed by atoms with Crippen molar-refractivity contribution in [2.24, 2.45) is 5.84 Å². The second kappa shape index (κ2) is 9.28. The van der Waals surface area contributed by atoms with Crippen LogP contribution in [0.15, 0.2) is 30.3 Å². The predicted octanol–water partition coefficient (Wildman–Crippen LogP) is 0.958. The van der Waals surface area contributed by atoms with Gasteiger partial charge in [-0.15, -0.1) is 12.4 Å². The topological polar surface area (TPSA) is 58.7 Å². The molecule has 0 radical (unpaired) electrons. The van der Waals surface area contributed by atoms with Crippen LogP contribution in [0.5, 0.6) is 0 Å². The highest BCUT2D eigenvalue weighted by molar-refractivity contribution is 5.85. The number of halogens is 1. The van der Waals surface area contributed by atoms with Crippen LogP contribution in [0.1, 0.15) is 0 Å². The molecule has 3 N–H and O–H groups in total. The number of rotatable bonds is 2. The van der Waals surface area contributed by atoms with Gasteiger partial charge >= 0.3 is 0 Å². The van der Waals surface area contributed by atoms with E-state index in [0.717, 1.165) is 12.8 Å². The Morgan fingerprint density at radius 1 is 1.23 bits per heavy atom. The Balaban J connectivity index is 0. The van der Waals surface area contributed by atoms with Crippen molar-refractivity contribution in [1.82, 2.24) is 0 Å². The number of para-hydroxylation sites is 1. The molecule has 0 fully saturated rings. The van der Waals surface area contributed by atoms with Gasteiger partial charge in [-0.05, 0) is 12.1 Å². The van der Waals surface area contributed by atoms with Gasteiger partial charge < -0.3 is 5.11 Å². The molecule has 0 saturated carbocycles. The van der Waals surface area contributed by atoms with E-state index in [1.54, 1.807) is 0 Å². The third-order valence-corrected chi connectivity index (χ3v) is 1.21. The molecule has 1 rings (SSSR count). The van der Waals surface area contributed by atoms with Crippen molar-refractivity contribution in [3.05, 3.63) is 30.3 Å². The summed E-state index contributed by atoms with van der Waals surface area (Å²) in [5.41, 5.74) is 0.838. The van der Waals surface area contributed by atoms with E-state index in [-0.39, 0.29) is 12.4 Å². The summed E-state index contributed by atoms with van der Waals surface area (Å²) in [6.45, 7) is 0. The molecule has 0 spiro atoms. The first-order valence-corrected chi connectivity index (χ1v) is 3.43. The van der Waals surface area contributed by atoms with Gasteiger partial charge in [0, 0.05) is 7.11 Å². The summed E-state index contributed by atoms with van der Waals surface area (Å²) in [5, 5.41) is 8.21. The van der Waals surface area contributed by atoms with Gasteiger partial charge in [-0.2, -0.15) is 5.17 Å². The maximum Gasteiger partial charge on any atom is 0.0820 e. The zero-order valence-electron chi connectivity index (χ0n) is 7.68. The van der Waals surface area contributed by atoms with Crippen molar-refractivity contribution in [2.75, 3.05) is 19.4 Å². The number of aliphatic hydroxyl groups excluding tert-OH is 1. The van der Waals surface area contributed by atoms with Crippen molar-refractivity contribution in [3.8, 4) is 0 Å². The first-order valence-electron chi connectivity index (χ1n) is 3.43. The second-order valence-electron chi connectivity index (χ2n) is 1.84. The van der Waals surface area contributed by atoms with Crippen LogP contribution in [-0.2, 0) is 4.84 Å². The van der Waals surface area contributed by atoms with Crippen LogP contribution in [0.25, 0.3) is 0 Å². The summed E-state index contributed by atoms with van der Waals surface area (Å²) in [5.74, 6) is 5.41. The van der Waals surface area contributed by atoms with Gasteiger partial charge in [-0.1, -0.05) is 18.2 Å². The Hall–Kier alpha value is -0.810. The summed E-state index contributed by atoms with van der Waals surface area (Å²) in [4.78, 5) is 4.75. The molecular formula is C8H15ClN2O2. The molecule has 76 valence electrons. The molecule has 5 heteroatoms. The van der Waals surface area contributed by atoms with Crippen LogP contribution < -0.4 is 11.0 Å². The van der Waals surface area contributed by atoms with Gasteiger partial charge in [0.1, 0.15) is 0 Å². The van der Waals surface area contributed by atoms with E-state index in [4.69, 9.17) is 15.8 Å². The maximum atomic E-state index is 7.00. The number of hydrazine groups is 1. The fourth-order valence-corrected chi connectivity index (χ4v) is 0.680. The Morgan fingerprint density at radius 2 is 1.69 bits per heavy atom. The van der Waals surface area contributed by atoms with Crippen molar-refractivity contribution < 1.29 is 9.94 Å². The highest BCUT2D eigenvalue weighted by Crippen LogP contribution is 2.07. The van der Waals surface area contributed by atoms with Crippen LogP contribution >= 0.6 is 12.4 Å². The number of nitrogens with two attached hydrogens (primary N) is 1. The van der Waals surface area contributed by atoms with E-state index >= 15 is 0 Å². The largest absolute Gasteiger partial charge is 0.400 e. The minimum Gasteiger partial charge on any atom is -0.400 e. The zero-order valence-corrected chi connectivity index (χ0v) is 8.49. The summed E-state index contributed by atoms with van der Waals surface area (Å²) in [7, 11) is 2.52. The van der Waals surface area contributed by atoms with Crippen molar-refractivity contribution >= 4 is 18.1 Å². The van der Waals surface area contributed by atoms with E-state index in [0.29, 0.717) is 0 Å². The number of hydrogen-bond donors (Lipinski definition) is 2. The Morgan fingerprint density at radius 3 is 2.08 bits per heavy atom. The smallest absolute Gasteiger partial charge is 0.0820 e. The number of benzene rings is 1.